The van der Waals surface area contributed by atoms with Gasteiger partial charge >= 0.3 is 0 Å². The van der Waals surface area contributed by atoms with E-state index in [1.54, 1.807) is 29.1 Å². The van der Waals surface area contributed by atoms with Crippen LogP contribution in [-0.4, -0.2) is 49.4 Å². The van der Waals surface area contributed by atoms with Crippen molar-refractivity contribution in [1.82, 2.24) is 20.1 Å². The highest BCUT2D eigenvalue weighted by atomic mass is 32.2. The fourth-order valence-electron chi connectivity index (χ4n) is 4.19. The Bertz CT molecular complexity index is 1330. The molecule has 4 heterocycles. The second-order valence-corrected chi connectivity index (χ2v) is 9.88. The number of sulfonamides is 1. The first-order valence-electron chi connectivity index (χ1n) is 11.1. The lowest BCUT2D eigenvalue weighted by atomic mass is 10.1. The monoisotopic (exact) mass is 483 g/mol. The summed E-state index contributed by atoms with van der Waals surface area (Å²) in [4.78, 5) is 16.4. The number of nitrogens with zero attached hydrogens (tertiary/aromatic N) is 3. The molecule has 5 rings (SSSR count). The summed E-state index contributed by atoms with van der Waals surface area (Å²) >= 11 is 0. The maximum absolute atomic E-state index is 13.3. The molecule has 1 atom stereocenters. The van der Waals surface area contributed by atoms with Gasteiger partial charge in [-0.2, -0.15) is 5.10 Å². The van der Waals surface area contributed by atoms with Crippen LogP contribution in [0.3, 0.4) is 0 Å². The van der Waals surface area contributed by atoms with Crippen molar-refractivity contribution in [3.63, 3.8) is 0 Å². The van der Waals surface area contributed by atoms with E-state index in [4.69, 9.17) is 9.47 Å². The van der Waals surface area contributed by atoms with Crippen LogP contribution in [0.15, 0.2) is 47.8 Å². The predicted octanol–water partition coefficient (Wildman–Crippen LogP) is 2.74. The number of benzene rings is 1. The topological polar surface area (TPSA) is 124 Å². The zero-order chi connectivity index (χ0) is 23.7. The lowest BCUT2D eigenvalue weighted by Crippen LogP contribution is -2.32. The van der Waals surface area contributed by atoms with Crippen molar-refractivity contribution in [2.45, 2.75) is 36.8 Å². The number of pyridine rings is 1. The Morgan fingerprint density at radius 2 is 2.09 bits per heavy atom. The number of hydrogen-bond acceptors (Lipinski definition) is 7. The summed E-state index contributed by atoms with van der Waals surface area (Å²) in [5.41, 5.74) is 2.65. The fraction of sp³-hybridized carbons (Fsp3) is 0.348. The number of aromatic nitrogens is 3. The van der Waals surface area contributed by atoms with Crippen LogP contribution in [0.4, 0.5) is 5.69 Å². The zero-order valence-corrected chi connectivity index (χ0v) is 19.5. The molecule has 34 heavy (non-hydrogen) atoms. The minimum atomic E-state index is -4.04. The van der Waals surface area contributed by atoms with Crippen LogP contribution >= 0.6 is 0 Å². The largest absolute Gasteiger partial charge is 0.495 e. The summed E-state index contributed by atoms with van der Waals surface area (Å²) in [5.74, 6) is -0.0729. The van der Waals surface area contributed by atoms with E-state index in [0.29, 0.717) is 36.4 Å². The first-order valence-corrected chi connectivity index (χ1v) is 12.6. The van der Waals surface area contributed by atoms with Crippen LogP contribution in [0.25, 0.3) is 11.1 Å². The molecular weight excluding hydrogens is 458 g/mol. The zero-order valence-electron chi connectivity index (χ0n) is 18.7. The lowest BCUT2D eigenvalue weighted by Gasteiger charge is -2.22. The van der Waals surface area contributed by atoms with Crippen molar-refractivity contribution in [2.75, 3.05) is 25.0 Å². The Morgan fingerprint density at radius 3 is 2.88 bits per heavy atom. The summed E-state index contributed by atoms with van der Waals surface area (Å²) < 4.78 is 42.0. The SMILES string of the molecule is COc1ccc(-c2cnn(C3CCCCO3)c2)cc1S(=O)(=O)Nc1cnc2c(c1)C(=O)NCC2. The highest BCUT2D eigenvalue weighted by molar-refractivity contribution is 7.92. The Balaban J connectivity index is 1.45. The van der Waals surface area contributed by atoms with Crippen LogP contribution in [0.2, 0.25) is 0 Å². The van der Waals surface area contributed by atoms with E-state index in [1.165, 1.54) is 19.4 Å². The van der Waals surface area contributed by atoms with Crippen LogP contribution in [0, 0.1) is 0 Å². The Kier molecular flexibility index (Phi) is 5.96. The van der Waals surface area contributed by atoms with Crippen LogP contribution < -0.4 is 14.8 Å². The van der Waals surface area contributed by atoms with Crippen molar-refractivity contribution < 1.29 is 22.7 Å². The third-order valence-corrected chi connectivity index (χ3v) is 7.36. The number of ether oxygens (including phenoxy) is 2. The molecule has 0 radical (unpaired) electrons. The standard InChI is InChI=1S/C23H25N5O5S/c1-32-20-6-5-15(16-12-26-28(14-16)22-4-2-3-9-33-22)10-21(20)34(30,31)27-17-11-18-19(25-13-17)7-8-24-23(18)29/h5-6,10-14,22,27H,2-4,7-9H2,1H3,(H,24,29). The van der Waals surface area contributed by atoms with E-state index >= 15 is 0 Å². The third-order valence-electron chi connectivity index (χ3n) is 5.95. The van der Waals surface area contributed by atoms with E-state index < -0.39 is 10.0 Å². The predicted molar refractivity (Wildman–Crippen MR) is 124 cm³/mol. The second kappa shape index (κ2) is 9.07. The third kappa shape index (κ3) is 4.36. The summed E-state index contributed by atoms with van der Waals surface area (Å²) in [6.45, 7) is 1.22. The van der Waals surface area contributed by atoms with Crippen molar-refractivity contribution in [3.05, 3.63) is 54.1 Å². The molecule has 0 bridgehead atoms. The quantitative estimate of drug-likeness (QED) is 0.552. The summed E-state index contributed by atoms with van der Waals surface area (Å²) in [6.07, 6.45) is 8.46. The molecule has 1 aromatic carbocycles. The van der Waals surface area contributed by atoms with Crippen LogP contribution in [-0.2, 0) is 21.2 Å². The van der Waals surface area contributed by atoms with Gasteiger partial charge in [0.05, 0.1) is 36.4 Å². The summed E-state index contributed by atoms with van der Waals surface area (Å²) in [7, 11) is -2.63. The van der Waals surface area contributed by atoms with E-state index in [9.17, 15) is 13.2 Å². The highest BCUT2D eigenvalue weighted by Gasteiger charge is 2.24. The Labute approximate surface area is 197 Å². The van der Waals surface area contributed by atoms with Gasteiger partial charge in [-0.05, 0) is 43.0 Å². The summed E-state index contributed by atoms with van der Waals surface area (Å²) in [6, 6.07) is 6.43. The molecule has 1 amide bonds. The average molecular weight is 484 g/mol. The highest BCUT2D eigenvalue weighted by Crippen LogP contribution is 2.32. The van der Waals surface area contributed by atoms with Crippen molar-refractivity contribution in [1.29, 1.82) is 0 Å². The molecule has 11 heteroatoms. The first kappa shape index (κ1) is 22.4. The molecule has 0 saturated carbocycles. The number of carbonyl (C=O) groups excluding carboxylic acids is 1. The number of methoxy groups -OCH3 is 1. The molecule has 1 unspecified atom stereocenters. The first-order chi connectivity index (χ1) is 16.4. The van der Waals surface area contributed by atoms with Gasteiger partial charge in [0.15, 0.2) is 0 Å². The van der Waals surface area contributed by atoms with Crippen molar-refractivity contribution in [3.8, 4) is 16.9 Å². The maximum Gasteiger partial charge on any atom is 0.265 e. The van der Waals surface area contributed by atoms with Gasteiger partial charge in [0.2, 0.25) is 0 Å². The van der Waals surface area contributed by atoms with Gasteiger partial charge in [-0.3, -0.25) is 14.5 Å². The molecule has 1 saturated heterocycles. The van der Waals surface area contributed by atoms with Crippen molar-refractivity contribution in [2.24, 2.45) is 0 Å². The smallest absolute Gasteiger partial charge is 0.265 e. The molecule has 10 nitrogen and oxygen atoms in total. The van der Waals surface area contributed by atoms with Gasteiger partial charge in [-0.25, -0.2) is 13.1 Å². The van der Waals surface area contributed by atoms with Gasteiger partial charge in [-0.15, -0.1) is 0 Å². The number of hydrogen-bond donors (Lipinski definition) is 2. The molecule has 1 fully saturated rings. The molecular formula is C23H25N5O5S. The molecule has 178 valence electrons. The molecule has 3 aromatic rings. The van der Waals surface area contributed by atoms with E-state index in [-0.39, 0.29) is 28.5 Å². The van der Waals surface area contributed by atoms with Crippen LogP contribution in [0.5, 0.6) is 5.75 Å². The number of fused-ring (bicyclic) bond motifs is 1. The van der Waals surface area contributed by atoms with Crippen molar-refractivity contribution >= 4 is 21.6 Å². The number of nitrogens with one attached hydrogen (secondary N) is 2. The minimum absolute atomic E-state index is 0.0312. The van der Waals surface area contributed by atoms with E-state index in [1.807, 2.05) is 6.20 Å². The van der Waals surface area contributed by atoms with Gasteiger partial charge in [0, 0.05) is 31.3 Å². The fourth-order valence-corrected chi connectivity index (χ4v) is 5.42. The number of anilines is 1. The molecule has 2 aliphatic rings. The van der Waals surface area contributed by atoms with Gasteiger partial charge < -0.3 is 14.8 Å². The summed E-state index contributed by atoms with van der Waals surface area (Å²) in [5, 5.41) is 7.15. The van der Waals surface area contributed by atoms with E-state index in [2.05, 4.69) is 20.1 Å². The lowest BCUT2D eigenvalue weighted by molar-refractivity contribution is -0.0394. The normalized spacial score (nSPS) is 18.1. The minimum Gasteiger partial charge on any atom is -0.495 e. The second-order valence-electron chi connectivity index (χ2n) is 8.23. The van der Waals surface area contributed by atoms with Gasteiger partial charge in [0.25, 0.3) is 15.9 Å². The van der Waals surface area contributed by atoms with Gasteiger partial charge in [-0.1, -0.05) is 6.07 Å². The van der Waals surface area contributed by atoms with Gasteiger partial charge in [0.1, 0.15) is 16.9 Å². The molecule has 0 aliphatic carbocycles. The Morgan fingerprint density at radius 1 is 1.21 bits per heavy atom. The maximum atomic E-state index is 13.3. The van der Waals surface area contributed by atoms with Crippen LogP contribution in [0.1, 0.15) is 41.5 Å². The molecule has 2 aliphatic heterocycles. The number of amides is 1. The van der Waals surface area contributed by atoms with E-state index in [0.717, 1.165) is 24.8 Å². The number of carbonyl (C=O) groups is 1. The molecule has 2 N–H and O–H groups in total. The number of rotatable bonds is 6. The average Bonchev–Trinajstić information content (AvgIpc) is 3.35. The Hall–Kier alpha value is -3.44. The molecule has 0 spiro atoms. The molecule has 2 aromatic heterocycles.